The number of hydrogen-bond acceptors (Lipinski definition) is 6. The summed E-state index contributed by atoms with van der Waals surface area (Å²) < 4.78 is 12.9. The van der Waals surface area contributed by atoms with Gasteiger partial charge in [-0.2, -0.15) is 4.98 Å². The van der Waals surface area contributed by atoms with Gasteiger partial charge in [-0.3, -0.25) is 0 Å². The third-order valence-electron chi connectivity index (χ3n) is 5.31. The minimum Gasteiger partial charge on any atom is -0.370 e. The van der Waals surface area contributed by atoms with E-state index in [1.165, 1.54) is 31.7 Å². The van der Waals surface area contributed by atoms with Crippen LogP contribution in [-0.4, -0.2) is 53.4 Å². The van der Waals surface area contributed by atoms with Crippen LogP contribution < -0.4 is 11.0 Å². The molecule has 0 radical (unpaired) electrons. The fourth-order valence-electron chi connectivity index (χ4n) is 3.53. The van der Waals surface area contributed by atoms with Gasteiger partial charge in [0, 0.05) is 25.6 Å². The van der Waals surface area contributed by atoms with Crippen LogP contribution >= 0.6 is 0 Å². The summed E-state index contributed by atoms with van der Waals surface area (Å²) in [4.78, 5) is 38.1. The maximum Gasteiger partial charge on any atom is 0.377 e. The number of nitrogens with one attached hydrogen (secondary N) is 1. The maximum atomic E-state index is 12.9. The third kappa shape index (κ3) is 14.5. The maximum absolute atomic E-state index is 12.9. The number of carbonyl (C=O) groups is 2. The number of aldehydes is 2. The molecule has 0 unspecified atom stereocenters. The Morgan fingerprint density at radius 1 is 0.839 bits per heavy atom. The molecule has 0 bridgehead atoms. The molecule has 0 atom stereocenters. The van der Waals surface area contributed by atoms with E-state index in [9.17, 15) is 18.9 Å². The number of halogens is 1. The van der Waals surface area contributed by atoms with Gasteiger partial charge in [-0.25, -0.2) is 4.79 Å². The second kappa shape index (κ2) is 18.7. The molecule has 0 aromatic carbocycles. The van der Waals surface area contributed by atoms with Crippen LogP contribution in [-0.2, 0) is 9.59 Å². The van der Waals surface area contributed by atoms with Gasteiger partial charge in [-0.05, 0) is 57.8 Å². The second-order valence-electron chi connectivity index (χ2n) is 7.97. The Hall–Kier alpha value is -2.09. The van der Waals surface area contributed by atoms with Crippen molar-refractivity contribution in [3.8, 4) is 0 Å². The van der Waals surface area contributed by atoms with E-state index in [1.807, 2.05) is 0 Å². The van der Waals surface area contributed by atoms with Crippen LogP contribution in [0.1, 0.15) is 83.5 Å². The zero-order chi connectivity index (χ0) is 22.6. The number of unbranched alkanes of at least 4 members (excludes halogenated alkanes) is 10. The molecule has 0 fully saturated rings. The SMILES string of the molecule is O=CCCCCCCCN(CCCCCCCC=O)CCCNc1ccn(F)c(=O)n1. The Bertz CT molecular complexity index is 632. The van der Waals surface area contributed by atoms with Crippen LogP contribution in [0.3, 0.4) is 0 Å². The quantitative estimate of drug-likeness (QED) is 0.229. The highest BCUT2D eigenvalue weighted by molar-refractivity contribution is 5.49. The van der Waals surface area contributed by atoms with Gasteiger partial charge in [0.15, 0.2) is 0 Å². The van der Waals surface area contributed by atoms with Gasteiger partial charge in [-0.15, -0.1) is 4.79 Å². The van der Waals surface area contributed by atoms with Crippen LogP contribution in [0.25, 0.3) is 0 Å². The number of hydrogen-bond donors (Lipinski definition) is 1. The van der Waals surface area contributed by atoms with Crippen molar-refractivity contribution in [3.63, 3.8) is 0 Å². The number of carbonyl (C=O) groups excluding carboxylic acids is 2. The van der Waals surface area contributed by atoms with Crippen LogP contribution in [0.4, 0.5) is 10.3 Å². The van der Waals surface area contributed by atoms with E-state index >= 15 is 0 Å². The molecule has 1 N–H and O–H groups in total. The minimum absolute atomic E-state index is 0.0369. The van der Waals surface area contributed by atoms with Crippen LogP contribution in [0.5, 0.6) is 0 Å². The second-order valence-corrected chi connectivity index (χ2v) is 7.97. The van der Waals surface area contributed by atoms with Gasteiger partial charge in [0.1, 0.15) is 18.4 Å². The van der Waals surface area contributed by atoms with E-state index in [1.54, 1.807) is 0 Å². The Kier molecular flexibility index (Phi) is 16.2. The standard InChI is InChI=1S/C23H39FN4O3/c24-28-19-14-22(26-23(28)31)25-15-13-18-27(16-9-5-1-3-7-11-20-29)17-10-6-2-4-8-12-21-30/h14,19-21H,1-13,15-18H2,(H,25,26,31). The van der Waals surface area contributed by atoms with Crippen LogP contribution in [0.2, 0.25) is 0 Å². The molecule has 0 spiro atoms. The van der Waals surface area contributed by atoms with Gasteiger partial charge in [0.05, 0.1) is 0 Å². The smallest absolute Gasteiger partial charge is 0.370 e. The van der Waals surface area contributed by atoms with Crippen LogP contribution in [0.15, 0.2) is 17.1 Å². The van der Waals surface area contributed by atoms with Crippen molar-refractivity contribution in [2.75, 3.05) is 31.5 Å². The predicted molar refractivity (Wildman–Crippen MR) is 122 cm³/mol. The largest absolute Gasteiger partial charge is 0.377 e. The highest BCUT2D eigenvalue weighted by Gasteiger charge is 2.06. The molecule has 176 valence electrons. The average molecular weight is 439 g/mol. The molecule has 8 heteroatoms. The van der Waals surface area contributed by atoms with Gasteiger partial charge in [0.25, 0.3) is 0 Å². The lowest BCUT2D eigenvalue weighted by molar-refractivity contribution is -0.108. The monoisotopic (exact) mass is 438 g/mol. The first kappa shape index (κ1) is 26.9. The van der Waals surface area contributed by atoms with E-state index in [-0.39, 0.29) is 4.79 Å². The highest BCUT2D eigenvalue weighted by Crippen LogP contribution is 2.09. The summed E-state index contributed by atoms with van der Waals surface area (Å²) in [6, 6.07) is 1.45. The first-order chi connectivity index (χ1) is 15.2. The molecule has 0 amide bonds. The number of rotatable bonds is 21. The summed E-state index contributed by atoms with van der Waals surface area (Å²) in [5.41, 5.74) is -0.909. The van der Waals surface area contributed by atoms with E-state index in [4.69, 9.17) is 0 Å². The van der Waals surface area contributed by atoms with E-state index < -0.39 is 5.69 Å². The minimum atomic E-state index is -0.909. The molecular weight excluding hydrogens is 399 g/mol. The fraction of sp³-hybridized carbons (Fsp3) is 0.739. The molecule has 7 nitrogen and oxygen atoms in total. The number of nitrogens with zero attached hydrogens (tertiary/aromatic N) is 3. The van der Waals surface area contributed by atoms with Crippen molar-refractivity contribution in [1.29, 1.82) is 0 Å². The summed E-state index contributed by atoms with van der Waals surface area (Å²) in [5.74, 6) is 0.399. The molecule has 0 saturated heterocycles. The normalized spacial score (nSPS) is 11.0. The fourth-order valence-corrected chi connectivity index (χ4v) is 3.53. The molecule has 0 saturated carbocycles. The van der Waals surface area contributed by atoms with E-state index in [0.29, 0.717) is 25.2 Å². The van der Waals surface area contributed by atoms with Crippen molar-refractivity contribution < 1.29 is 14.1 Å². The van der Waals surface area contributed by atoms with Crippen molar-refractivity contribution in [1.82, 2.24) is 14.7 Å². The molecule has 1 rings (SSSR count). The molecule has 0 aliphatic heterocycles. The van der Waals surface area contributed by atoms with Gasteiger partial charge in [0.2, 0.25) is 0 Å². The Morgan fingerprint density at radius 2 is 1.35 bits per heavy atom. The first-order valence-corrected chi connectivity index (χ1v) is 11.8. The zero-order valence-electron chi connectivity index (χ0n) is 18.8. The summed E-state index contributed by atoms with van der Waals surface area (Å²) in [6.45, 7) is 3.77. The van der Waals surface area contributed by atoms with E-state index in [0.717, 1.165) is 83.3 Å². The molecule has 1 aromatic heterocycles. The summed E-state index contributed by atoms with van der Waals surface area (Å²) in [7, 11) is 0. The number of anilines is 1. The summed E-state index contributed by atoms with van der Waals surface area (Å²) in [6.07, 6.45) is 16.5. The molecule has 0 aliphatic rings. The molecule has 1 aromatic rings. The molecule has 31 heavy (non-hydrogen) atoms. The lowest BCUT2D eigenvalue weighted by Crippen LogP contribution is -2.28. The topological polar surface area (TPSA) is 84.3 Å². The first-order valence-electron chi connectivity index (χ1n) is 11.8. The molecular formula is C23H39FN4O3. The molecule has 1 heterocycles. The Morgan fingerprint density at radius 3 is 1.90 bits per heavy atom. The average Bonchev–Trinajstić information content (AvgIpc) is 2.77. The van der Waals surface area contributed by atoms with Crippen LogP contribution in [0, 0.1) is 0 Å². The van der Waals surface area contributed by atoms with Gasteiger partial charge in [-0.1, -0.05) is 43.0 Å². The lowest BCUT2D eigenvalue weighted by Gasteiger charge is -2.22. The zero-order valence-corrected chi connectivity index (χ0v) is 18.8. The van der Waals surface area contributed by atoms with Crippen molar-refractivity contribution in [2.45, 2.75) is 83.5 Å². The Balaban J connectivity index is 2.27. The van der Waals surface area contributed by atoms with Crippen molar-refractivity contribution >= 4 is 18.4 Å². The van der Waals surface area contributed by atoms with Gasteiger partial charge < -0.3 is 19.8 Å². The highest BCUT2D eigenvalue weighted by atomic mass is 19.2. The summed E-state index contributed by atoms with van der Waals surface area (Å²) >= 11 is 0. The number of aromatic nitrogens is 2. The summed E-state index contributed by atoms with van der Waals surface area (Å²) in [5, 5.41) is 3.09. The van der Waals surface area contributed by atoms with Crippen molar-refractivity contribution in [3.05, 3.63) is 22.7 Å². The van der Waals surface area contributed by atoms with Gasteiger partial charge >= 0.3 is 5.69 Å². The predicted octanol–water partition coefficient (Wildman–Crippen LogP) is 4.16. The van der Waals surface area contributed by atoms with E-state index in [2.05, 4.69) is 15.2 Å². The van der Waals surface area contributed by atoms with Crippen molar-refractivity contribution in [2.24, 2.45) is 0 Å². The Labute approximate surface area is 185 Å². The lowest BCUT2D eigenvalue weighted by atomic mass is 10.1. The molecule has 0 aliphatic carbocycles. The third-order valence-corrected chi connectivity index (χ3v) is 5.31.